The molecule has 0 aliphatic carbocycles. The first-order valence-electron chi connectivity index (χ1n) is 6.61. The molecule has 6 heteroatoms. The number of nitrogens with zero attached hydrogens (tertiary/aromatic N) is 2. The summed E-state index contributed by atoms with van der Waals surface area (Å²) in [6.45, 7) is 4.86. The number of carbonyl (C=O) groups excluding carboxylic acids is 2. The molecule has 1 atom stereocenters. The molecule has 2 N–H and O–H groups in total. The largest absolute Gasteiger partial charge is 0.350 e. The van der Waals surface area contributed by atoms with Crippen LogP contribution in [0.2, 0.25) is 0 Å². The Labute approximate surface area is 108 Å². The Hall–Kier alpha value is -1.14. The van der Waals surface area contributed by atoms with Crippen molar-refractivity contribution < 1.29 is 9.59 Å². The maximum atomic E-state index is 11.9. The van der Waals surface area contributed by atoms with Gasteiger partial charge in [0.2, 0.25) is 11.8 Å². The average Bonchev–Trinajstić information content (AvgIpc) is 2.35. The zero-order valence-electron chi connectivity index (χ0n) is 10.9. The van der Waals surface area contributed by atoms with E-state index in [-0.39, 0.29) is 17.9 Å². The molecular formula is C12H22N4O2. The van der Waals surface area contributed by atoms with Gasteiger partial charge in [0, 0.05) is 52.2 Å². The van der Waals surface area contributed by atoms with Crippen molar-refractivity contribution in [3.63, 3.8) is 0 Å². The number of carbonyl (C=O) groups is 2. The van der Waals surface area contributed by atoms with Gasteiger partial charge in [-0.25, -0.2) is 0 Å². The van der Waals surface area contributed by atoms with Gasteiger partial charge in [-0.05, 0) is 6.42 Å². The van der Waals surface area contributed by atoms with Gasteiger partial charge in [0.05, 0.1) is 6.54 Å². The summed E-state index contributed by atoms with van der Waals surface area (Å²) in [4.78, 5) is 27.1. The van der Waals surface area contributed by atoms with Crippen LogP contribution in [-0.2, 0) is 9.59 Å². The van der Waals surface area contributed by atoms with E-state index in [1.165, 1.54) is 0 Å². The Bertz CT molecular complexity index is 315. The lowest BCUT2D eigenvalue weighted by atomic mass is 10.1. The number of likely N-dealkylation sites (N-methyl/N-ethyl adjacent to an activating group) is 1. The van der Waals surface area contributed by atoms with Crippen molar-refractivity contribution in [1.29, 1.82) is 0 Å². The van der Waals surface area contributed by atoms with Crippen LogP contribution in [-0.4, -0.2) is 74.0 Å². The fourth-order valence-corrected chi connectivity index (χ4v) is 2.48. The van der Waals surface area contributed by atoms with E-state index in [4.69, 9.17) is 0 Å². The lowest BCUT2D eigenvalue weighted by molar-refractivity contribution is -0.134. The van der Waals surface area contributed by atoms with Gasteiger partial charge in [-0.15, -0.1) is 0 Å². The van der Waals surface area contributed by atoms with Crippen LogP contribution in [0.25, 0.3) is 0 Å². The van der Waals surface area contributed by atoms with Crippen LogP contribution in [0.1, 0.15) is 12.8 Å². The van der Waals surface area contributed by atoms with Crippen LogP contribution in [0.3, 0.4) is 0 Å². The Balaban J connectivity index is 1.72. The molecule has 2 amide bonds. The highest BCUT2D eigenvalue weighted by Crippen LogP contribution is 2.09. The standard InChI is InChI=1S/C12H22N4O2/c1-15-8-10(2-3-12(15)18)14-11(17)9-16-6-4-13-5-7-16/h10,13H,2-9H2,1H3,(H,14,17). The quantitative estimate of drug-likeness (QED) is 0.652. The van der Waals surface area contributed by atoms with Crippen molar-refractivity contribution >= 4 is 11.8 Å². The van der Waals surface area contributed by atoms with Crippen LogP contribution in [0.4, 0.5) is 0 Å². The predicted molar refractivity (Wildman–Crippen MR) is 68.1 cm³/mol. The van der Waals surface area contributed by atoms with E-state index < -0.39 is 0 Å². The predicted octanol–water partition coefficient (Wildman–Crippen LogP) is -1.37. The highest BCUT2D eigenvalue weighted by atomic mass is 16.2. The first-order valence-corrected chi connectivity index (χ1v) is 6.61. The number of piperidine rings is 1. The summed E-state index contributed by atoms with van der Waals surface area (Å²) in [5.74, 6) is 0.243. The third-order valence-corrected chi connectivity index (χ3v) is 3.57. The van der Waals surface area contributed by atoms with Crippen molar-refractivity contribution in [1.82, 2.24) is 20.4 Å². The second kappa shape index (κ2) is 6.15. The Kier molecular flexibility index (Phi) is 4.54. The summed E-state index contributed by atoms with van der Waals surface area (Å²) in [5, 5.41) is 6.28. The van der Waals surface area contributed by atoms with Gasteiger partial charge < -0.3 is 15.5 Å². The minimum atomic E-state index is 0.0737. The van der Waals surface area contributed by atoms with E-state index in [2.05, 4.69) is 15.5 Å². The van der Waals surface area contributed by atoms with E-state index in [0.717, 1.165) is 32.6 Å². The summed E-state index contributed by atoms with van der Waals surface area (Å²) < 4.78 is 0. The van der Waals surface area contributed by atoms with Crippen molar-refractivity contribution in [3.05, 3.63) is 0 Å². The monoisotopic (exact) mass is 254 g/mol. The number of hydrogen-bond acceptors (Lipinski definition) is 4. The molecule has 2 aliphatic rings. The van der Waals surface area contributed by atoms with Gasteiger partial charge in [0.1, 0.15) is 0 Å². The SMILES string of the molecule is CN1CC(NC(=O)CN2CCNCC2)CCC1=O. The molecule has 0 spiro atoms. The summed E-state index contributed by atoms with van der Waals surface area (Å²) in [6, 6.07) is 0.114. The molecule has 2 heterocycles. The molecule has 18 heavy (non-hydrogen) atoms. The number of rotatable bonds is 3. The molecule has 2 rings (SSSR count). The van der Waals surface area contributed by atoms with E-state index in [0.29, 0.717) is 19.5 Å². The van der Waals surface area contributed by atoms with E-state index >= 15 is 0 Å². The average molecular weight is 254 g/mol. The smallest absolute Gasteiger partial charge is 0.234 e. The minimum Gasteiger partial charge on any atom is -0.350 e. The van der Waals surface area contributed by atoms with Crippen LogP contribution >= 0.6 is 0 Å². The molecule has 0 radical (unpaired) electrons. The van der Waals surface area contributed by atoms with Crippen LogP contribution in [0.15, 0.2) is 0 Å². The van der Waals surface area contributed by atoms with Crippen molar-refractivity contribution in [2.24, 2.45) is 0 Å². The van der Waals surface area contributed by atoms with Crippen molar-refractivity contribution in [2.75, 3.05) is 46.3 Å². The molecule has 0 aromatic rings. The Morgan fingerprint density at radius 3 is 2.83 bits per heavy atom. The number of hydrogen-bond donors (Lipinski definition) is 2. The summed E-state index contributed by atoms with van der Waals surface area (Å²) in [5.41, 5.74) is 0. The van der Waals surface area contributed by atoms with Gasteiger partial charge in [0.25, 0.3) is 0 Å². The highest BCUT2D eigenvalue weighted by Gasteiger charge is 2.24. The van der Waals surface area contributed by atoms with Gasteiger partial charge in [0.15, 0.2) is 0 Å². The second-order valence-electron chi connectivity index (χ2n) is 5.10. The zero-order valence-corrected chi connectivity index (χ0v) is 10.9. The summed E-state index contributed by atoms with van der Waals surface area (Å²) >= 11 is 0. The Morgan fingerprint density at radius 1 is 1.44 bits per heavy atom. The lowest BCUT2D eigenvalue weighted by Gasteiger charge is -2.31. The van der Waals surface area contributed by atoms with Crippen LogP contribution in [0.5, 0.6) is 0 Å². The van der Waals surface area contributed by atoms with Crippen LogP contribution < -0.4 is 10.6 Å². The third kappa shape index (κ3) is 3.68. The minimum absolute atomic E-state index is 0.0737. The second-order valence-corrected chi connectivity index (χ2v) is 5.10. The number of likely N-dealkylation sites (tertiary alicyclic amines) is 1. The number of amides is 2. The molecule has 2 saturated heterocycles. The van der Waals surface area contributed by atoms with Gasteiger partial charge >= 0.3 is 0 Å². The molecule has 102 valence electrons. The molecule has 0 bridgehead atoms. The van der Waals surface area contributed by atoms with E-state index in [9.17, 15) is 9.59 Å². The summed E-state index contributed by atoms with van der Waals surface area (Å²) in [7, 11) is 1.79. The van der Waals surface area contributed by atoms with Crippen molar-refractivity contribution in [2.45, 2.75) is 18.9 Å². The Morgan fingerprint density at radius 2 is 2.17 bits per heavy atom. The first-order chi connectivity index (χ1) is 8.65. The lowest BCUT2D eigenvalue weighted by Crippen LogP contribution is -2.52. The number of nitrogens with one attached hydrogen (secondary N) is 2. The highest BCUT2D eigenvalue weighted by molar-refractivity contribution is 5.80. The molecule has 2 aliphatic heterocycles. The topological polar surface area (TPSA) is 64.7 Å². The zero-order chi connectivity index (χ0) is 13.0. The molecule has 0 aromatic carbocycles. The molecule has 0 saturated carbocycles. The van der Waals surface area contributed by atoms with E-state index in [1.54, 1.807) is 11.9 Å². The number of piperazine rings is 1. The third-order valence-electron chi connectivity index (χ3n) is 3.57. The maximum absolute atomic E-state index is 11.9. The maximum Gasteiger partial charge on any atom is 0.234 e. The molecule has 1 unspecified atom stereocenters. The van der Waals surface area contributed by atoms with Gasteiger partial charge in [-0.3, -0.25) is 14.5 Å². The van der Waals surface area contributed by atoms with Crippen LogP contribution in [0, 0.1) is 0 Å². The normalized spacial score (nSPS) is 26.2. The molecule has 0 aromatic heterocycles. The van der Waals surface area contributed by atoms with Gasteiger partial charge in [-0.2, -0.15) is 0 Å². The molecular weight excluding hydrogens is 232 g/mol. The molecule has 2 fully saturated rings. The fourth-order valence-electron chi connectivity index (χ4n) is 2.48. The van der Waals surface area contributed by atoms with Crippen molar-refractivity contribution in [3.8, 4) is 0 Å². The first kappa shape index (κ1) is 13.3. The van der Waals surface area contributed by atoms with E-state index in [1.807, 2.05) is 0 Å². The van der Waals surface area contributed by atoms with Gasteiger partial charge in [-0.1, -0.05) is 0 Å². The summed E-state index contributed by atoms with van der Waals surface area (Å²) in [6.07, 6.45) is 1.30. The molecule has 6 nitrogen and oxygen atoms in total. The fraction of sp³-hybridized carbons (Fsp3) is 0.833.